The zero-order valence-electron chi connectivity index (χ0n) is 15.3. The lowest BCUT2D eigenvalue weighted by atomic mass is 10.1. The molecule has 4 rings (SSSR count). The van der Waals surface area contributed by atoms with Gasteiger partial charge in [-0.25, -0.2) is 4.79 Å². The summed E-state index contributed by atoms with van der Waals surface area (Å²) in [4.78, 5) is 11.9. The van der Waals surface area contributed by atoms with E-state index in [4.69, 9.17) is 9.26 Å². The third-order valence-corrected chi connectivity index (χ3v) is 4.56. The number of rotatable bonds is 5. The van der Waals surface area contributed by atoms with Gasteiger partial charge in [0.25, 0.3) is 0 Å². The van der Waals surface area contributed by atoms with Crippen LogP contribution in [0, 0.1) is 6.92 Å². The van der Waals surface area contributed by atoms with Crippen molar-refractivity contribution in [3.8, 4) is 0 Å². The van der Waals surface area contributed by atoms with Gasteiger partial charge in [0.1, 0.15) is 0 Å². The molecule has 0 aliphatic rings. The van der Waals surface area contributed by atoms with Gasteiger partial charge in [-0.15, -0.1) is 0 Å². The standard InChI is InChI=1S/C22H20N2O3/c1-3-24-20-7-5-4-6-18(20)19-13-16(8-10-21(19)24)9-11-22(25)26-14-17-12-15(2)23-27-17/h4-13H,3,14H2,1-2H3/b11-9+. The van der Waals surface area contributed by atoms with Crippen LogP contribution in [-0.2, 0) is 22.7 Å². The molecular weight excluding hydrogens is 340 g/mol. The van der Waals surface area contributed by atoms with E-state index in [2.05, 4.69) is 47.0 Å². The fourth-order valence-corrected chi connectivity index (χ4v) is 3.35. The van der Waals surface area contributed by atoms with Crippen LogP contribution in [-0.4, -0.2) is 15.7 Å². The Balaban J connectivity index is 1.56. The van der Waals surface area contributed by atoms with E-state index in [-0.39, 0.29) is 6.61 Å². The molecular formula is C22H20N2O3. The largest absolute Gasteiger partial charge is 0.454 e. The molecule has 2 heterocycles. The first-order valence-corrected chi connectivity index (χ1v) is 8.93. The maximum atomic E-state index is 11.9. The Morgan fingerprint density at radius 3 is 2.74 bits per heavy atom. The van der Waals surface area contributed by atoms with Crippen molar-refractivity contribution in [3.63, 3.8) is 0 Å². The van der Waals surface area contributed by atoms with E-state index >= 15 is 0 Å². The van der Waals surface area contributed by atoms with E-state index in [0.717, 1.165) is 17.8 Å². The minimum Gasteiger partial charge on any atom is -0.454 e. The lowest BCUT2D eigenvalue weighted by Crippen LogP contribution is -1.99. The average molecular weight is 360 g/mol. The van der Waals surface area contributed by atoms with Crippen LogP contribution in [0.1, 0.15) is 23.9 Å². The number of carbonyl (C=O) groups is 1. The molecule has 0 saturated carbocycles. The van der Waals surface area contributed by atoms with Gasteiger partial charge in [-0.3, -0.25) is 0 Å². The molecule has 136 valence electrons. The predicted molar refractivity (Wildman–Crippen MR) is 105 cm³/mol. The number of fused-ring (bicyclic) bond motifs is 3. The Morgan fingerprint density at radius 2 is 1.96 bits per heavy atom. The molecule has 2 aromatic carbocycles. The zero-order valence-corrected chi connectivity index (χ0v) is 15.3. The number of benzene rings is 2. The van der Waals surface area contributed by atoms with Crippen LogP contribution in [0.2, 0.25) is 0 Å². The van der Waals surface area contributed by atoms with Gasteiger partial charge in [0.05, 0.1) is 5.69 Å². The van der Waals surface area contributed by atoms with Crippen molar-refractivity contribution in [2.75, 3.05) is 0 Å². The number of hydrogen-bond donors (Lipinski definition) is 0. The smallest absolute Gasteiger partial charge is 0.331 e. The predicted octanol–water partition coefficient (Wildman–Crippen LogP) is 4.87. The van der Waals surface area contributed by atoms with Crippen molar-refractivity contribution in [3.05, 3.63) is 71.6 Å². The van der Waals surface area contributed by atoms with Gasteiger partial charge in [0, 0.05) is 40.5 Å². The van der Waals surface area contributed by atoms with E-state index in [1.54, 1.807) is 12.1 Å². The van der Waals surface area contributed by atoms with Gasteiger partial charge >= 0.3 is 5.97 Å². The summed E-state index contributed by atoms with van der Waals surface area (Å²) in [5, 5.41) is 6.16. The molecule has 0 saturated heterocycles. The first-order chi connectivity index (χ1) is 13.2. The number of aryl methyl sites for hydroxylation is 2. The molecule has 2 aromatic heterocycles. The Labute approximate surface area is 156 Å². The minimum absolute atomic E-state index is 0.0764. The van der Waals surface area contributed by atoms with Crippen molar-refractivity contribution >= 4 is 33.9 Å². The van der Waals surface area contributed by atoms with Crippen molar-refractivity contribution in [2.45, 2.75) is 27.0 Å². The molecule has 5 nitrogen and oxygen atoms in total. The topological polar surface area (TPSA) is 57.3 Å². The maximum absolute atomic E-state index is 11.9. The Morgan fingerprint density at radius 1 is 1.15 bits per heavy atom. The second-order valence-corrected chi connectivity index (χ2v) is 6.41. The number of ether oxygens (including phenoxy) is 1. The molecule has 27 heavy (non-hydrogen) atoms. The molecule has 0 fully saturated rings. The number of aromatic nitrogens is 2. The van der Waals surface area contributed by atoms with E-state index < -0.39 is 5.97 Å². The quantitative estimate of drug-likeness (QED) is 0.376. The van der Waals surface area contributed by atoms with Gasteiger partial charge in [-0.1, -0.05) is 29.4 Å². The molecule has 0 bridgehead atoms. The highest BCUT2D eigenvalue weighted by Gasteiger charge is 2.09. The summed E-state index contributed by atoms with van der Waals surface area (Å²) >= 11 is 0. The van der Waals surface area contributed by atoms with Crippen molar-refractivity contribution in [1.82, 2.24) is 9.72 Å². The Hall–Kier alpha value is -3.34. The molecule has 4 aromatic rings. The highest BCUT2D eigenvalue weighted by molar-refractivity contribution is 6.08. The van der Waals surface area contributed by atoms with Crippen LogP contribution >= 0.6 is 0 Å². The first kappa shape index (κ1) is 17.1. The minimum atomic E-state index is -0.417. The van der Waals surface area contributed by atoms with Gasteiger partial charge in [-0.05, 0) is 43.7 Å². The molecule has 0 aliphatic heterocycles. The molecule has 5 heteroatoms. The number of para-hydroxylation sites is 1. The highest BCUT2D eigenvalue weighted by Crippen LogP contribution is 2.29. The summed E-state index contributed by atoms with van der Waals surface area (Å²) in [6.07, 6.45) is 3.20. The van der Waals surface area contributed by atoms with Crippen LogP contribution in [0.15, 0.2) is 59.1 Å². The summed E-state index contributed by atoms with van der Waals surface area (Å²) in [6.45, 7) is 4.95. The van der Waals surface area contributed by atoms with E-state index in [1.807, 2.05) is 19.1 Å². The van der Waals surface area contributed by atoms with Crippen LogP contribution in [0.3, 0.4) is 0 Å². The molecule has 0 N–H and O–H groups in total. The third kappa shape index (κ3) is 3.36. The van der Waals surface area contributed by atoms with Gasteiger partial charge in [-0.2, -0.15) is 0 Å². The van der Waals surface area contributed by atoms with Crippen molar-refractivity contribution in [1.29, 1.82) is 0 Å². The van der Waals surface area contributed by atoms with Crippen molar-refractivity contribution < 1.29 is 14.1 Å². The second kappa shape index (κ2) is 7.11. The molecule has 0 atom stereocenters. The summed E-state index contributed by atoms with van der Waals surface area (Å²) in [5.41, 5.74) is 4.13. The summed E-state index contributed by atoms with van der Waals surface area (Å²) in [7, 11) is 0. The maximum Gasteiger partial charge on any atom is 0.331 e. The van der Waals surface area contributed by atoms with Gasteiger partial charge < -0.3 is 13.8 Å². The average Bonchev–Trinajstić information content (AvgIpc) is 3.25. The number of esters is 1. The fourth-order valence-electron chi connectivity index (χ4n) is 3.35. The van der Waals surface area contributed by atoms with Crippen LogP contribution < -0.4 is 0 Å². The lowest BCUT2D eigenvalue weighted by Gasteiger charge is -2.02. The number of hydrogen-bond acceptors (Lipinski definition) is 4. The lowest BCUT2D eigenvalue weighted by molar-refractivity contribution is -0.139. The molecule has 0 unspecified atom stereocenters. The fraction of sp³-hybridized carbons (Fsp3) is 0.182. The second-order valence-electron chi connectivity index (χ2n) is 6.41. The van der Waals surface area contributed by atoms with E-state index in [1.165, 1.54) is 27.9 Å². The van der Waals surface area contributed by atoms with E-state index in [9.17, 15) is 4.79 Å². The summed E-state index contributed by atoms with van der Waals surface area (Å²) in [6, 6.07) is 16.3. The Bertz CT molecular complexity index is 1150. The van der Waals surface area contributed by atoms with Crippen LogP contribution in [0.25, 0.3) is 27.9 Å². The highest BCUT2D eigenvalue weighted by atomic mass is 16.5. The summed E-state index contributed by atoms with van der Waals surface area (Å²) < 4.78 is 12.5. The van der Waals surface area contributed by atoms with E-state index in [0.29, 0.717) is 5.76 Å². The number of carbonyl (C=O) groups excluding carboxylic acids is 1. The molecule has 0 aliphatic carbocycles. The third-order valence-electron chi connectivity index (χ3n) is 4.56. The van der Waals surface area contributed by atoms with Crippen LogP contribution in [0.5, 0.6) is 0 Å². The first-order valence-electron chi connectivity index (χ1n) is 8.93. The van der Waals surface area contributed by atoms with Crippen LogP contribution in [0.4, 0.5) is 0 Å². The number of nitrogens with zero attached hydrogens (tertiary/aromatic N) is 2. The normalized spacial score (nSPS) is 11.6. The SMILES string of the molecule is CCn1c2ccccc2c2cc(/C=C/C(=O)OCc3cc(C)no3)ccc21. The van der Waals surface area contributed by atoms with Crippen molar-refractivity contribution in [2.24, 2.45) is 0 Å². The monoisotopic (exact) mass is 360 g/mol. The molecule has 0 amide bonds. The zero-order chi connectivity index (χ0) is 18.8. The Kier molecular flexibility index (Phi) is 4.50. The van der Waals surface area contributed by atoms with Gasteiger partial charge in [0.2, 0.25) is 0 Å². The summed E-state index contributed by atoms with van der Waals surface area (Å²) in [5.74, 6) is 0.114. The molecule has 0 spiro atoms. The van der Waals surface area contributed by atoms with Gasteiger partial charge in [0.15, 0.2) is 12.4 Å². The molecule has 0 radical (unpaired) electrons.